The van der Waals surface area contributed by atoms with Crippen molar-refractivity contribution in [3.63, 3.8) is 0 Å². The van der Waals surface area contributed by atoms with Crippen LogP contribution in [0.15, 0.2) is 42.6 Å². The molecule has 4 aliphatic carbocycles. The van der Waals surface area contributed by atoms with Crippen molar-refractivity contribution in [2.75, 3.05) is 54.1 Å². The molecular formula is C28H35N5O3. The van der Waals surface area contributed by atoms with Gasteiger partial charge in [0.25, 0.3) is 0 Å². The summed E-state index contributed by atoms with van der Waals surface area (Å²) in [7, 11) is 0. The molecule has 2 aliphatic heterocycles. The highest BCUT2D eigenvalue weighted by atomic mass is 16.5. The summed E-state index contributed by atoms with van der Waals surface area (Å²) in [6.07, 6.45) is 6.85. The highest BCUT2D eigenvalue weighted by molar-refractivity contribution is 5.98. The molecule has 1 aromatic carbocycles. The number of pyridine rings is 1. The highest BCUT2D eigenvalue weighted by Gasteiger charge is 2.55. The molecule has 4 bridgehead atoms. The predicted molar refractivity (Wildman–Crippen MR) is 139 cm³/mol. The number of ether oxygens (including phenoxy) is 1. The first-order chi connectivity index (χ1) is 17.6. The lowest BCUT2D eigenvalue weighted by atomic mass is 9.52. The lowest BCUT2D eigenvalue weighted by Gasteiger charge is -2.58. The summed E-state index contributed by atoms with van der Waals surface area (Å²) in [5.74, 6) is 2.33. The fourth-order valence-electron chi connectivity index (χ4n) is 7.79. The Bertz CT molecular complexity index is 1120. The lowest BCUT2D eigenvalue weighted by Crippen LogP contribution is -2.63. The van der Waals surface area contributed by atoms with Crippen molar-refractivity contribution in [1.29, 1.82) is 0 Å². The molecular weight excluding hydrogens is 454 g/mol. The number of amides is 2. The largest absolute Gasteiger partial charge is 0.390 e. The lowest BCUT2D eigenvalue weighted by molar-refractivity contribution is -0.136. The maximum atomic E-state index is 13.6. The van der Waals surface area contributed by atoms with Crippen LogP contribution in [0.25, 0.3) is 0 Å². The summed E-state index contributed by atoms with van der Waals surface area (Å²) in [5, 5.41) is 14.3. The van der Waals surface area contributed by atoms with E-state index >= 15 is 0 Å². The first-order valence-electron chi connectivity index (χ1n) is 13.5. The van der Waals surface area contributed by atoms with Gasteiger partial charge in [-0.2, -0.15) is 0 Å². The number of para-hydroxylation sites is 2. The van der Waals surface area contributed by atoms with Crippen LogP contribution >= 0.6 is 0 Å². The summed E-state index contributed by atoms with van der Waals surface area (Å²) >= 11 is 0. The van der Waals surface area contributed by atoms with Gasteiger partial charge in [0.15, 0.2) is 0 Å². The predicted octanol–water partition coefficient (Wildman–Crippen LogP) is 3.53. The Balaban J connectivity index is 1.09. The van der Waals surface area contributed by atoms with Crippen LogP contribution in [0.5, 0.6) is 0 Å². The van der Waals surface area contributed by atoms with E-state index in [-0.39, 0.29) is 12.1 Å². The Morgan fingerprint density at radius 2 is 1.72 bits per heavy atom. The summed E-state index contributed by atoms with van der Waals surface area (Å²) in [6, 6.07) is 12.5. The second kappa shape index (κ2) is 8.63. The van der Waals surface area contributed by atoms with E-state index in [4.69, 9.17) is 9.72 Å². The normalized spacial score (nSPS) is 33.0. The Kier molecular flexibility index (Phi) is 5.36. The molecule has 2 atom stereocenters. The monoisotopic (exact) mass is 489 g/mol. The number of carbonyl (C=O) groups is 1. The fourth-order valence-corrected chi connectivity index (χ4v) is 7.79. The van der Waals surface area contributed by atoms with Crippen LogP contribution in [0, 0.1) is 17.8 Å². The van der Waals surface area contributed by atoms with E-state index in [0.29, 0.717) is 30.8 Å². The van der Waals surface area contributed by atoms with Crippen LogP contribution in [0.2, 0.25) is 0 Å². The van der Waals surface area contributed by atoms with Gasteiger partial charge in [-0.25, -0.2) is 9.78 Å². The van der Waals surface area contributed by atoms with Crippen molar-refractivity contribution >= 4 is 28.9 Å². The van der Waals surface area contributed by atoms with E-state index in [0.717, 1.165) is 81.3 Å². The number of aliphatic hydroxyl groups is 1. The maximum absolute atomic E-state index is 13.6. The standard InChI is InChI=1S/C28H35N5O3/c34-27(30-26-20-13-19-14-21(26)17-28(35,15-19)16-20)33-8-7-32(23-3-1-2-4-24(23)33)25-6-5-22(18-29-25)31-9-11-36-12-10-31/h1-6,18-21,26,35H,7-17H2,(H,30,34). The number of hydrogen-bond acceptors (Lipinski definition) is 6. The van der Waals surface area contributed by atoms with Crippen molar-refractivity contribution in [2.45, 2.75) is 43.7 Å². The molecule has 0 radical (unpaired) electrons. The minimum absolute atomic E-state index is 0.0119. The molecule has 190 valence electrons. The van der Waals surface area contributed by atoms with Crippen molar-refractivity contribution < 1.29 is 14.6 Å². The van der Waals surface area contributed by atoms with E-state index in [1.807, 2.05) is 29.3 Å². The Hall–Kier alpha value is -2.84. The summed E-state index contributed by atoms with van der Waals surface area (Å²) < 4.78 is 5.47. The Morgan fingerprint density at radius 3 is 2.42 bits per heavy atom. The smallest absolute Gasteiger partial charge is 0.322 e. The molecule has 3 heterocycles. The Morgan fingerprint density at radius 1 is 0.972 bits per heavy atom. The zero-order valence-electron chi connectivity index (χ0n) is 20.7. The van der Waals surface area contributed by atoms with Gasteiger partial charge in [0.1, 0.15) is 5.82 Å². The average molecular weight is 490 g/mol. The minimum atomic E-state index is -0.486. The SMILES string of the molecule is O=C(NC1C2CC3CC1CC(O)(C3)C2)N1CCN(c2ccc(N3CCOCC3)cn2)c2ccccc21. The zero-order valence-corrected chi connectivity index (χ0v) is 20.7. The molecule has 2 amide bonds. The van der Waals surface area contributed by atoms with Crippen LogP contribution in [-0.2, 0) is 4.74 Å². The molecule has 36 heavy (non-hydrogen) atoms. The summed E-state index contributed by atoms with van der Waals surface area (Å²) in [6.45, 7) is 4.57. The van der Waals surface area contributed by atoms with Crippen molar-refractivity contribution in [2.24, 2.45) is 17.8 Å². The number of nitrogens with zero attached hydrogens (tertiary/aromatic N) is 4. The van der Waals surface area contributed by atoms with Crippen molar-refractivity contribution in [1.82, 2.24) is 10.3 Å². The van der Waals surface area contributed by atoms with Gasteiger partial charge in [-0.1, -0.05) is 12.1 Å². The van der Waals surface area contributed by atoms with Crippen LogP contribution in [-0.4, -0.2) is 67.2 Å². The second-order valence-electron chi connectivity index (χ2n) is 11.4. The number of fused-ring (bicyclic) bond motifs is 1. The van der Waals surface area contributed by atoms with Gasteiger partial charge >= 0.3 is 6.03 Å². The van der Waals surface area contributed by atoms with E-state index in [1.165, 1.54) is 0 Å². The number of benzene rings is 1. The number of carbonyl (C=O) groups excluding carboxylic acids is 1. The number of aromatic nitrogens is 1. The molecule has 4 saturated carbocycles. The van der Waals surface area contributed by atoms with Gasteiger partial charge < -0.3 is 25.0 Å². The van der Waals surface area contributed by atoms with Gasteiger partial charge in [0, 0.05) is 32.2 Å². The van der Waals surface area contributed by atoms with Gasteiger partial charge in [-0.05, 0) is 74.1 Å². The molecule has 2 unspecified atom stereocenters. The molecule has 6 aliphatic rings. The second-order valence-corrected chi connectivity index (χ2v) is 11.4. The first kappa shape index (κ1) is 22.4. The molecule has 1 aromatic heterocycles. The van der Waals surface area contributed by atoms with Gasteiger partial charge in [-0.3, -0.25) is 4.90 Å². The summed E-state index contributed by atoms with van der Waals surface area (Å²) in [4.78, 5) is 24.8. The number of rotatable bonds is 3. The molecule has 5 fully saturated rings. The number of anilines is 4. The number of nitrogens with one attached hydrogen (secondary N) is 1. The highest BCUT2D eigenvalue weighted by Crippen LogP contribution is 2.55. The van der Waals surface area contributed by atoms with Gasteiger partial charge in [0.2, 0.25) is 0 Å². The number of urea groups is 1. The van der Waals surface area contributed by atoms with Gasteiger partial charge in [-0.15, -0.1) is 0 Å². The van der Waals surface area contributed by atoms with E-state index in [9.17, 15) is 9.90 Å². The Labute approximate surface area is 212 Å². The maximum Gasteiger partial charge on any atom is 0.322 e. The molecule has 8 heteroatoms. The molecule has 2 N–H and O–H groups in total. The van der Waals surface area contributed by atoms with Crippen molar-refractivity contribution in [3.05, 3.63) is 42.6 Å². The third kappa shape index (κ3) is 3.82. The van der Waals surface area contributed by atoms with E-state index in [1.54, 1.807) is 0 Å². The topological polar surface area (TPSA) is 81.2 Å². The molecule has 8 rings (SSSR count). The first-order valence-corrected chi connectivity index (χ1v) is 13.5. The fraction of sp³-hybridized carbons (Fsp3) is 0.571. The zero-order chi connectivity index (χ0) is 24.3. The van der Waals surface area contributed by atoms with Crippen LogP contribution in [0.4, 0.5) is 27.7 Å². The quantitative estimate of drug-likeness (QED) is 0.687. The van der Waals surface area contributed by atoms with Crippen LogP contribution in [0.3, 0.4) is 0 Å². The molecule has 2 aromatic rings. The van der Waals surface area contributed by atoms with Gasteiger partial charge in [0.05, 0.1) is 42.1 Å². The van der Waals surface area contributed by atoms with E-state index < -0.39 is 5.60 Å². The van der Waals surface area contributed by atoms with Crippen LogP contribution in [0.1, 0.15) is 32.1 Å². The third-order valence-corrected chi connectivity index (χ3v) is 9.17. The number of morpholine rings is 1. The molecule has 0 spiro atoms. The minimum Gasteiger partial charge on any atom is -0.390 e. The number of hydrogen-bond donors (Lipinski definition) is 2. The molecule has 1 saturated heterocycles. The van der Waals surface area contributed by atoms with Crippen molar-refractivity contribution in [3.8, 4) is 0 Å². The van der Waals surface area contributed by atoms with E-state index in [2.05, 4.69) is 33.3 Å². The molecule has 8 nitrogen and oxygen atoms in total. The average Bonchev–Trinajstić information content (AvgIpc) is 2.90. The van der Waals surface area contributed by atoms with Crippen LogP contribution < -0.4 is 20.0 Å². The third-order valence-electron chi connectivity index (χ3n) is 9.17. The summed E-state index contributed by atoms with van der Waals surface area (Å²) in [5.41, 5.74) is 2.56.